The minimum Gasteiger partial charge on any atom is -0.351 e. The first-order chi connectivity index (χ1) is 12.2. The number of carbonyl (C=O) groups excluding carboxylic acids is 1. The number of nitrogens with zero attached hydrogens (tertiary/aromatic N) is 3. The highest BCUT2D eigenvalue weighted by Crippen LogP contribution is 2.29. The van der Waals surface area contributed by atoms with Crippen LogP contribution in [0.1, 0.15) is 19.4 Å². The van der Waals surface area contributed by atoms with Crippen molar-refractivity contribution in [2.75, 3.05) is 0 Å². The third kappa shape index (κ3) is 4.29. The number of hydrogen-bond donors (Lipinski definition) is 1. The Morgan fingerprint density at radius 3 is 2.72 bits per heavy atom. The Kier molecular flexibility index (Phi) is 5.88. The Morgan fingerprint density at radius 1 is 1.24 bits per heavy atom. The maximum absolute atomic E-state index is 12.4. The molecule has 1 amide bonds. The Bertz CT molecular complexity index is 815. The lowest BCUT2D eigenvalue weighted by molar-refractivity contribution is -0.120. The van der Waals surface area contributed by atoms with Gasteiger partial charge in [-0.1, -0.05) is 48.2 Å². The second kappa shape index (κ2) is 8.31. The zero-order valence-corrected chi connectivity index (χ0v) is 15.8. The van der Waals surface area contributed by atoms with Gasteiger partial charge >= 0.3 is 0 Å². The van der Waals surface area contributed by atoms with E-state index in [4.69, 9.17) is 0 Å². The third-order valence-electron chi connectivity index (χ3n) is 3.74. The van der Waals surface area contributed by atoms with Gasteiger partial charge in [0.05, 0.1) is 10.1 Å². The Balaban J connectivity index is 1.64. The predicted octanol–water partition coefficient (Wildman–Crippen LogP) is 3.82. The second-order valence-corrected chi connectivity index (χ2v) is 7.75. The molecule has 2 aromatic heterocycles. The van der Waals surface area contributed by atoms with Gasteiger partial charge in [0, 0.05) is 13.1 Å². The van der Waals surface area contributed by atoms with Crippen molar-refractivity contribution in [2.45, 2.75) is 37.3 Å². The van der Waals surface area contributed by atoms with E-state index >= 15 is 0 Å². The fraction of sp³-hybridized carbons (Fsp3) is 0.278. The molecule has 0 unspecified atom stereocenters. The quantitative estimate of drug-likeness (QED) is 0.641. The molecule has 2 heterocycles. The predicted molar refractivity (Wildman–Crippen MR) is 103 cm³/mol. The van der Waals surface area contributed by atoms with Crippen LogP contribution in [-0.2, 0) is 17.9 Å². The number of amides is 1. The van der Waals surface area contributed by atoms with Crippen molar-refractivity contribution in [1.82, 2.24) is 20.1 Å². The molecule has 1 aromatic carbocycles. The zero-order valence-electron chi connectivity index (χ0n) is 14.2. The normalized spacial score (nSPS) is 12.1. The SMILES string of the molecule is CCn1c(S[C@@H](C)C(=O)NCc2ccccc2)nnc1-c1cccs1. The first kappa shape index (κ1) is 17.7. The van der Waals surface area contributed by atoms with Gasteiger partial charge in [0.1, 0.15) is 0 Å². The second-order valence-electron chi connectivity index (χ2n) is 5.49. The first-order valence-electron chi connectivity index (χ1n) is 8.14. The van der Waals surface area contributed by atoms with E-state index in [-0.39, 0.29) is 11.2 Å². The van der Waals surface area contributed by atoms with Crippen LogP contribution in [-0.4, -0.2) is 25.9 Å². The van der Waals surface area contributed by atoms with Crippen molar-refractivity contribution < 1.29 is 4.79 Å². The Labute approximate surface area is 155 Å². The van der Waals surface area contributed by atoms with E-state index in [1.165, 1.54) is 11.8 Å². The van der Waals surface area contributed by atoms with Gasteiger partial charge < -0.3 is 9.88 Å². The molecule has 5 nitrogen and oxygen atoms in total. The molecule has 0 aliphatic rings. The lowest BCUT2D eigenvalue weighted by Crippen LogP contribution is -2.30. The molecule has 1 atom stereocenters. The van der Waals surface area contributed by atoms with Crippen LogP contribution in [0.4, 0.5) is 0 Å². The number of rotatable bonds is 7. The maximum Gasteiger partial charge on any atom is 0.233 e. The largest absolute Gasteiger partial charge is 0.351 e. The van der Waals surface area contributed by atoms with E-state index in [2.05, 4.69) is 27.0 Å². The number of aromatic nitrogens is 3. The minimum atomic E-state index is -0.241. The van der Waals surface area contributed by atoms with Gasteiger partial charge in [-0.15, -0.1) is 21.5 Å². The summed E-state index contributed by atoms with van der Waals surface area (Å²) < 4.78 is 2.05. The molecular weight excluding hydrogens is 352 g/mol. The number of thioether (sulfide) groups is 1. The molecule has 0 aliphatic carbocycles. The fourth-order valence-electron chi connectivity index (χ4n) is 2.39. The van der Waals surface area contributed by atoms with Crippen LogP contribution in [0, 0.1) is 0 Å². The first-order valence-corrected chi connectivity index (χ1v) is 9.90. The van der Waals surface area contributed by atoms with Crippen molar-refractivity contribution in [3.05, 3.63) is 53.4 Å². The minimum absolute atomic E-state index is 0.00261. The highest BCUT2D eigenvalue weighted by atomic mass is 32.2. The van der Waals surface area contributed by atoms with E-state index in [0.717, 1.165) is 28.0 Å². The van der Waals surface area contributed by atoms with Crippen LogP contribution in [0.3, 0.4) is 0 Å². The standard InChI is InChI=1S/C18H20N4OS2/c1-3-22-16(15-10-7-11-24-15)20-21-18(22)25-13(2)17(23)19-12-14-8-5-4-6-9-14/h4-11,13H,3,12H2,1-2H3,(H,19,23)/t13-/m0/s1. The van der Waals surface area contributed by atoms with Crippen molar-refractivity contribution in [1.29, 1.82) is 0 Å². The van der Waals surface area contributed by atoms with E-state index in [1.54, 1.807) is 11.3 Å². The summed E-state index contributed by atoms with van der Waals surface area (Å²) in [5, 5.41) is 14.1. The van der Waals surface area contributed by atoms with E-state index < -0.39 is 0 Å². The maximum atomic E-state index is 12.4. The number of thiophene rings is 1. The summed E-state index contributed by atoms with van der Waals surface area (Å²) in [4.78, 5) is 13.5. The van der Waals surface area contributed by atoms with Gasteiger partial charge in [0.2, 0.25) is 5.91 Å². The van der Waals surface area contributed by atoms with Crippen LogP contribution in [0.5, 0.6) is 0 Å². The van der Waals surface area contributed by atoms with Gasteiger partial charge in [-0.25, -0.2) is 0 Å². The average molecular weight is 373 g/mol. The molecule has 0 bridgehead atoms. The summed E-state index contributed by atoms with van der Waals surface area (Å²) >= 11 is 3.08. The Morgan fingerprint density at radius 2 is 2.04 bits per heavy atom. The molecule has 0 saturated heterocycles. The monoisotopic (exact) mass is 372 g/mol. The lowest BCUT2D eigenvalue weighted by Gasteiger charge is -2.12. The molecule has 0 saturated carbocycles. The highest BCUT2D eigenvalue weighted by molar-refractivity contribution is 8.00. The van der Waals surface area contributed by atoms with E-state index in [1.807, 2.05) is 54.8 Å². The van der Waals surface area contributed by atoms with Gasteiger partial charge in [0.25, 0.3) is 0 Å². The van der Waals surface area contributed by atoms with Crippen LogP contribution < -0.4 is 5.32 Å². The molecule has 3 rings (SSSR count). The van der Waals surface area contributed by atoms with Gasteiger partial charge in [-0.3, -0.25) is 4.79 Å². The van der Waals surface area contributed by atoms with Gasteiger partial charge in [0.15, 0.2) is 11.0 Å². The molecule has 1 N–H and O–H groups in total. The molecule has 0 radical (unpaired) electrons. The summed E-state index contributed by atoms with van der Waals surface area (Å²) in [7, 11) is 0. The van der Waals surface area contributed by atoms with Crippen LogP contribution in [0.2, 0.25) is 0 Å². The summed E-state index contributed by atoms with van der Waals surface area (Å²) in [6.07, 6.45) is 0. The highest BCUT2D eigenvalue weighted by Gasteiger charge is 2.20. The molecule has 7 heteroatoms. The van der Waals surface area contributed by atoms with Crippen molar-refractivity contribution in [3.63, 3.8) is 0 Å². The summed E-state index contributed by atoms with van der Waals surface area (Å²) in [5.41, 5.74) is 1.09. The molecule has 3 aromatic rings. The molecule has 130 valence electrons. The van der Waals surface area contributed by atoms with Crippen molar-refractivity contribution in [3.8, 4) is 10.7 Å². The van der Waals surface area contributed by atoms with Crippen molar-refractivity contribution >= 4 is 29.0 Å². The van der Waals surface area contributed by atoms with Crippen LogP contribution in [0.25, 0.3) is 10.7 Å². The lowest BCUT2D eigenvalue weighted by atomic mass is 10.2. The van der Waals surface area contributed by atoms with Gasteiger partial charge in [-0.2, -0.15) is 0 Å². The molecule has 25 heavy (non-hydrogen) atoms. The summed E-state index contributed by atoms with van der Waals surface area (Å²) in [5.74, 6) is 0.856. The number of carbonyl (C=O) groups is 1. The van der Waals surface area contributed by atoms with Gasteiger partial charge in [-0.05, 0) is 30.9 Å². The third-order valence-corrected chi connectivity index (χ3v) is 5.68. The topological polar surface area (TPSA) is 59.8 Å². The van der Waals surface area contributed by atoms with Crippen LogP contribution in [0.15, 0.2) is 53.0 Å². The molecule has 0 aliphatic heterocycles. The molecule has 0 fully saturated rings. The van der Waals surface area contributed by atoms with E-state index in [9.17, 15) is 4.79 Å². The Hall–Kier alpha value is -2.12. The number of nitrogens with one attached hydrogen (secondary N) is 1. The smallest absolute Gasteiger partial charge is 0.233 e. The fourth-order valence-corrected chi connectivity index (χ4v) is 4.04. The number of hydrogen-bond acceptors (Lipinski definition) is 5. The average Bonchev–Trinajstić information content (AvgIpc) is 3.29. The molecular formula is C18H20N4OS2. The summed E-state index contributed by atoms with van der Waals surface area (Å²) in [6.45, 7) is 5.25. The molecule has 0 spiro atoms. The van der Waals surface area contributed by atoms with Crippen LogP contribution >= 0.6 is 23.1 Å². The summed E-state index contributed by atoms with van der Waals surface area (Å²) in [6, 6.07) is 13.9. The zero-order chi connectivity index (χ0) is 17.6. The van der Waals surface area contributed by atoms with E-state index in [0.29, 0.717) is 6.54 Å². The number of benzene rings is 1. The van der Waals surface area contributed by atoms with Crippen molar-refractivity contribution in [2.24, 2.45) is 0 Å².